The summed E-state index contributed by atoms with van der Waals surface area (Å²) in [6, 6.07) is 0. The van der Waals surface area contributed by atoms with E-state index in [2.05, 4.69) is 18.4 Å². The first kappa shape index (κ1) is 19.1. The molecule has 0 saturated heterocycles. The van der Waals surface area contributed by atoms with Crippen molar-refractivity contribution in [2.75, 3.05) is 11.5 Å². The quantitative estimate of drug-likeness (QED) is 0.283. The molecule has 4 unspecified atom stereocenters. The van der Waals surface area contributed by atoms with Crippen molar-refractivity contribution in [3.63, 3.8) is 0 Å². The summed E-state index contributed by atoms with van der Waals surface area (Å²) in [5, 5.41) is 7.44. The molecular formula is C23H35OS+. The number of hydrogen-bond donors (Lipinski definition) is 0. The molecule has 0 radical (unpaired) electrons. The topological polar surface area (TPSA) is 22.9 Å². The van der Waals surface area contributed by atoms with Crippen LogP contribution in [0.4, 0.5) is 0 Å². The first-order valence-electron chi connectivity index (χ1n) is 10.3. The van der Waals surface area contributed by atoms with Crippen LogP contribution in [0.15, 0.2) is 23.3 Å². The average molecular weight is 360 g/mol. The van der Waals surface area contributed by atoms with Crippen molar-refractivity contribution < 1.29 is 5.11 Å². The maximum absolute atomic E-state index is 7.44. The van der Waals surface area contributed by atoms with Gasteiger partial charge in [-0.3, -0.25) is 0 Å². The number of rotatable bonds is 3. The Bertz CT molecular complexity index is 562. The molecule has 0 amide bonds. The van der Waals surface area contributed by atoms with E-state index in [1.54, 1.807) is 5.57 Å². The fourth-order valence-corrected chi connectivity index (χ4v) is 5.95. The molecule has 0 aromatic heterocycles. The minimum absolute atomic E-state index is 0.238. The zero-order chi connectivity index (χ0) is 17.6. The van der Waals surface area contributed by atoms with Crippen molar-refractivity contribution in [3.8, 4) is 11.8 Å². The summed E-state index contributed by atoms with van der Waals surface area (Å²) in [5.74, 6) is 10.7. The molecule has 2 bridgehead atoms. The molecule has 25 heavy (non-hydrogen) atoms. The Morgan fingerprint density at radius 2 is 1.88 bits per heavy atom. The summed E-state index contributed by atoms with van der Waals surface area (Å²) in [6.07, 6.45) is 13.5. The minimum Gasteiger partial charge on any atom is -0.434 e. The molecule has 3 aliphatic rings. The van der Waals surface area contributed by atoms with Crippen LogP contribution in [-0.4, -0.2) is 22.7 Å². The van der Waals surface area contributed by atoms with Crippen LogP contribution in [0.5, 0.6) is 0 Å². The molecule has 138 valence electrons. The van der Waals surface area contributed by atoms with Gasteiger partial charge in [0.1, 0.15) is 0 Å². The Morgan fingerprint density at radius 3 is 2.64 bits per heavy atom. The van der Waals surface area contributed by atoms with Gasteiger partial charge in [0.25, 0.3) is 0 Å². The van der Waals surface area contributed by atoms with E-state index in [1.165, 1.54) is 70.0 Å². The van der Waals surface area contributed by atoms with Crippen LogP contribution in [0.1, 0.15) is 71.1 Å². The summed E-state index contributed by atoms with van der Waals surface area (Å²) in [6.45, 7) is 6.31. The SMILES string of the molecule is C=C1CC2CCCC(CSCC#CC(C)[OH2+])CCCCC1C1=C2CC1. The van der Waals surface area contributed by atoms with Crippen molar-refractivity contribution in [2.24, 2.45) is 17.8 Å². The maximum atomic E-state index is 7.44. The van der Waals surface area contributed by atoms with Gasteiger partial charge in [-0.25, -0.2) is 0 Å². The van der Waals surface area contributed by atoms with E-state index in [0.29, 0.717) is 0 Å². The fourth-order valence-electron chi connectivity index (χ4n) is 4.98. The highest BCUT2D eigenvalue weighted by molar-refractivity contribution is 7.99. The third kappa shape index (κ3) is 5.18. The van der Waals surface area contributed by atoms with Crippen LogP contribution < -0.4 is 0 Å². The predicted octanol–water partition coefficient (Wildman–Crippen LogP) is 5.48. The molecule has 1 fully saturated rings. The van der Waals surface area contributed by atoms with Crippen molar-refractivity contribution in [1.82, 2.24) is 0 Å². The van der Waals surface area contributed by atoms with E-state index in [0.717, 1.165) is 23.5 Å². The van der Waals surface area contributed by atoms with Gasteiger partial charge < -0.3 is 5.11 Å². The highest BCUT2D eigenvalue weighted by atomic mass is 32.2. The minimum atomic E-state index is -0.238. The van der Waals surface area contributed by atoms with Crippen molar-refractivity contribution >= 4 is 11.8 Å². The zero-order valence-corrected chi connectivity index (χ0v) is 16.7. The Labute approximate surface area is 158 Å². The van der Waals surface area contributed by atoms with Crippen molar-refractivity contribution in [3.05, 3.63) is 23.3 Å². The molecule has 3 rings (SSSR count). The van der Waals surface area contributed by atoms with Crippen LogP contribution in [0, 0.1) is 29.6 Å². The number of thioether (sulfide) groups is 1. The Hall–Kier alpha value is -0.650. The summed E-state index contributed by atoms with van der Waals surface area (Å²) in [7, 11) is 0. The molecule has 0 aliphatic heterocycles. The molecule has 0 heterocycles. The first-order valence-corrected chi connectivity index (χ1v) is 11.5. The van der Waals surface area contributed by atoms with Crippen molar-refractivity contribution in [2.45, 2.75) is 77.2 Å². The van der Waals surface area contributed by atoms with Gasteiger partial charge >= 0.3 is 0 Å². The first-order chi connectivity index (χ1) is 12.1. The highest BCUT2D eigenvalue weighted by Crippen LogP contribution is 2.51. The second-order valence-corrected chi connectivity index (χ2v) is 9.33. The van der Waals surface area contributed by atoms with Gasteiger partial charge in [-0.15, -0.1) is 11.8 Å². The molecule has 1 saturated carbocycles. The summed E-state index contributed by atoms with van der Waals surface area (Å²) in [5.41, 5.74) is 5.22. The molecule has 0 aromatic carbocycles. The fraction of sp³-hybridized carbons (Fsp3) is 0.739. The van der Waals surface area contributed by atoms with E-state index >= 15 is 0 Å². The van der Waals surface area contributed by atoms with E-state index in [9.17, 15) is 0 Å². The maximum Gasteiger partial charge on any atom is 0.213 e. The Morgan fingerprint density at radius 1 is 1.12 bits per heavy atom. The largest absolute Gasteiger partial charge is 0.434 e. The van der Waals surface area contributed by atoms with E-state index in [4.69, 9.17) is 5.11 Å². The molecular weight excluding hydrogens is 324 g/mol. The van der Waals surface area contributed by atoms with E-state index in [1.807, 2.05) is 29.8 Å². The second-order valence-electron chi connectivity index (χ2n) is 8.30. The van der Waals surface area contributed by atoms with Gasteiger partial charge in [-0.2, -0.15) is 0 Å². The van der Waals surface area contributed by atoms with Crippen LogP contribution in [0.2, 0.25) is 0 Å². The highest BCUT2D eigenvalue weighted by Gasteiger charge is 2.36. The van der Waals surface area contributed by atoms with Crippen molar-refractivity contribution in [1.29, 1.82) is 0 Å². The van der Waals surface area contributed by atoms with E-state index in [-0.39, 0.29) is 6.10 Å². The number of fused-ring (bicyclic) bond motifs is 5. The zero-order valence-electron chi connectivity index (χ0n) is 15.9. The lowest BCUT2D eigenvalue weighted by Gasteiger charge is -2.42. The summed E-state index contributed by atoms with van der Waals surface area (Å²) < 4.78 is 0. The van der Waals surface area contributed by atoms with Gasteiger partial charge in [0.05, 0.1) is 5.75 Å². The lowest BCUT2D eigenvalue weighted by molar-refractivity contribution is 0.253. The van der Waals surface area contributed by atoms with Crippen LogP contribution in [-0.2, 0) is 0 Å². The van der Waals surface area contributed by atoms with Gasteiger partial charge in [-0.1, -0.05) is 48.5 Å². The smallest absolute Gasteiger partial charge is 0.213 e. The molecule has 3 aliphatic carbocycles. The summed E-state index contributed by atoms with van der Waals surface area (Å²) >= 11 is 1.99. The van der Waals surface area contributed by atoms with Crippen LogP contribution in [0.3, 0.4) is 0 Å². The average Bonchev–Trinajstić information content (AvgIpc) is 2.52. The number of hydrogen-bond acceptors (Lipinski definition) is 1. The second kappa shape index (κ2) is 9.33. The Balaban J connectivity index is 1.52. The predicted molar refractivity (Wildman–Crippen MR) is 111 cm³/mol. The molecule has 2 heteroatoms. The van der Waals surface area contributed by atoms with Gasteiger partial charge in [-0.05, 0) is 68.5 Å². The standard InChI is InChI=1S/C23H34OS/c1-17-15-20-10-5-9-19(16-25-14-6-7-18(2)24)8-3-4-11-21(17)23-13-12-22(20)23/h18-21,24H,1,3-5,8-16H2,2H3/p+1. The lowest BCUT2D eigenvalue weighted by Crippen LogP contribution is -2.28. The lowest BCUT2D eigenvalue weighted by atomic mass is 9.63. The van der Waals surface area contributed by atoms with Crippen LogP contribution >= 0.6 is 11.8 Å². The third-order valence-electron chi connectivity index (χ3n) is 6.36. The molecule has 0 aromatic rings. The molecule has 0 spiro atoms. The van der Waals surface area contributed by atoms with Gasteiger partial charge in [0, 0.05) is 12.8 Å². The molecule has 1 nitrogen and oxygen atoms in total. The van der Waals surface area contributed by atoms with Gasteiger partial charge in [0.2, 0.25) is 6.10 Å². The van der Waals surface area contributed by atoms with Gasteiger partial charge in [0.15, 0.2) is 0 Å². The Kier molecular flexibility index (Phi) is 7.14. The van der Waals surface area contributed by atoms with Crippen LogP contribution in [0.25, 0.3) is 0 Å². The molecule has 2 N–H and O–H groups in total. The number of allylic oxidation sites excluding steroid dienone is 3. The third-order valence-corrected chi connectivity index (χ3v) is 7.41. The monoisotopic (exact) mass is 359 g/mol. The normalized spacial score (nSPS) is 31.1. The molecule has 4 atom stereocenters. The van der Waals surface area contributed by atoms with E-state index < -0.39 is 0 Å². The summed E-state index contributed by atoms with van der Waals surface area (Å²) in [4.78, 5) is 0.